The fraction of sp³-hybridized carbons (Fsp3) is 0.227. The van der Waals surface area contributed by atoms with E-state index in [1.165, 1.54) is 23.5 Å². The average Bonchev–Trinajstić information content (AvgIpc) is 3.17. The number of hydrogen-bond acceptors (Lipinski definition) is 5. The Labute approximate surface area is 202 Å². The van der Waals surface area contributed by atoms with Gasteiger partial charge in [0, 0.05) is 28.8 Å². The molecule has 0 aliphatic carbocycles. The van der Waals surface area contributed by atoms with E-state index in [1.54, 1.807) is 13.2 Å². The van der Waals surface area contributed by atoms with E-state index in [2.05, 4.69) is 16.7 Å². The van der Waals surface area contributed by atoms with Crippen molar-refractivity contribution < 1.29 is 32.7 Å². The molecule has 4 rings (SSSR count). The molecule has 31 heavy (non-hydrogen) atoms. The summed E-state index contributed by atoms with van der Waals surface area (Å²) in [5, 5.41) is 15.3. The molecule has 2 aromatic heterocycles. The third-order valence-corrected chi connectivity index (χ3v) is 5.53. The number of aromatic nitrogens is 1. The van der Waals surface area contributed by atoms with Crippen LogP contribution < -0.4 is 28.9 Å². The largest absolute Gasteiger partial charge is 1.00 e. The molecule has 1 saturated heterocycles. The molecule has 0 bridgehead atoms. The molecule has 3 heterocycles. The van der Waals surface area contributed by atoms with Crippen LogP contribution in [0.25, 0.3) is 32.2 Å². The second-order valence-electron chi connectivity index (χ2n) is 6.30. The van der Waals surface area contributed by atoms with Gasteiger partial charge in [0.1, 0.15) is 23.3 Å². The second-order valence-corrected chi connectivity index (χ2v) is 7.58. The van der Waals surface area contributed by atoms with Gasteiger partial charge in [0.15, 0.2) is 0 Å². The van der Waals surface area contributed by atoms with E-state index >= 15 is 0 Å². The summed E-state index contributed by atoms with van der Waals surface area (Å²) in [6.07, 6.45) is 2.95. The van der Waals surface area contributed by atoms with Gasteiger partial charge in [-0.3, -0.25) is 0 Å². The van der Waals surface area contributed by atoms with Crippen LogP contribution in [0.1, 0.15) is 5.69 Å². The van der Waals surface area contributed by atoms with Gasteiger partial charge >= 0.3 is 18.9 Å². The first-order valence-corrected chi connectivity index (χ1v) is 10.4. The molecule has 1 fully saturated rings. The molecule has 0 spiro atoms. The number of benzene rings is 1. The third kappa shape index (κ3) is 6.17. The van der Waals surface area contributed by atoms with Crippen molar-refractivity contribution >= 4 is 44.8 Å². The zero-order chi connectivity index (χ0) is 21.5. The number of fused-ring (bicyclic) bond motifs is 1. The third-order valence-electron chi connectivity index (χ3n) is 4.31. The number of nitrogens with zero attached hydrogens (tertiary/aromatic N) is 2. The maximum Gasteiger partial charge on any atom is 1.00 e. The van der Waals surface area contributed by atoms with Crippen molar-refractivity contribution in [3.05, 3.63) is 64.7 Å². The zero-order valence-corrected chi connectivity index (χ0v) is 18.9. The number of rotatable bonds is 7. The van der Waals surface area contributed by atoms with Crippen LogP contribution in [-0.2, 0) is 4.74 Å². The number of nitrogens with one attached hydrogen (secondary N) is 1. The minimum Gasteiger partial charge on any atom is -0.879 e. The second kappa shape index (κ2) is 12.3. The van der Waals surface area contributed by atoms with Crippen LogP contribution in [0.5, 0.6) is 5.75 Å². The first kappa shape index (κ1) is 25.5. The molecule has 5 nitrogen and oxygen atoms in total. The monoisotopic (exact) mass is 451 g/mol. The summed E-state index contributed by atoms with van der Waals surface area (Å²) in [6, 6.07) is 6.06. The van der Waals surface area contributed by atoms with Crippen LogP contribution in [0.2, 0.25) is 5.15 Å². The quantitative estimate of drug-likeness (QED) is 0.196. The van der Waals surface area contributed by atoms with Gasteiger partial charge in [0.05, 0.1) is 6.61 Å². The van der Waals surface area contributed by atoms with Gasteiger partial charge in [-0.1, -0.05) is 11.6 Å². The topological polar surface area (TPSA) is 65.7 Å². The van der Waals surface area contributed by atoms with Crippen molar-refractivity contribution in [3.8, 4) is 16.9 Å². The van der Waals surface area contributed by atoms with Crippen molar-refractivity contribution in [1.29, 1.82) is 0 Å². The summed E-state index contributed by atoms with van der Waals surface area (Å²) in [6.45, 7) is 8.78. The molecule has 3 aromatic rings. The predicted octanol–water partition coefficient (Wildman–Crippen LogP) is 2.04. The van der Waals surface area contributed by atoms with Crippen LogP contribution >= 0.6 is 22.9 Å². The standard InChI is InChI=1S/C19H14ClFN2O2S.C3H6N.Li/c1-11(10-22)17-16(18-14(5-8-26-18)19(20)23-17)13-4-3-12(21)9-15(13)25-7-6-24-2;1-2-4-3-1;/h1,3-5,8-10H,6-7H2,2H3;1,4H,2-3H2;/q-2;-1;+1. The molecule has 1 N–H and O–H groups in total. The molecule has 1 aliphatic heterocycles. The average molecular weight is 452 g/mol. The van der Waals surface area contributed by atoms with Crippen molar-refractivity contribution in [3.63, 3.8) is 0 Å². The molecule has 1 aromatic carbocycles. The van der Waals surface area contributed by atoms with Gasteiger partial charge in [-0.15, -0.1) is 24.4 Å². The van der Waals surface area contributed by atoms with E-state index < -0.39 is 5.82 Å². The fourth-order valence-electron chi connectivity index (χ4n) is 2.71. The number of methoxy groups -OCH3 is 1. The van der Waals surface area contributed by atoms with Crippen LogP contribution in [0.4, 0.5) is 4.39 Å². The van der Waals surface area contributed by atoms with Crippen LogP contribution in [0.15, 0.2) is 29.6 Å². The zero-order valence-electron chi connectivity index (χ0n) is 17.3. The van der Waals surface area contributed by atoms with Crippen molar-refractivity contribution in [2.75, 3.05) is 33.4 Å². The summed E-state index contributed by atoms with van der Waals surface area (Å²) >= 11 is 7.70. The van der Waals surface area contributed by atoms with Gasteiger partial charge < -0.3 is 37.8 Å². The van der Waals surface area contributed by atoms with Crippen molar-refractivity contribution in [1.82, 2.24) is 10.3 Å². The van der Waals surface area contributed by atoms with E-state index in [-0.39, 0.29) is 36.2 Å². The molecule has 0 saturated carbocycles. The maximum atomic E-state index is 13.8. The normalized spacial score (nSPS) is 12.2. The van der Waals surface area contributed by atoms with Gasteiger partial charge in [0.25, 0.3) is 0 Å². The maximum absolute atomic E-state index is 13.8. The van der Waals surface area contributed by atoms with Gasteiger partial charge in [0.2, 0.25) is 0 Å². The Morgan fingerprint density at radius 2 is 2.10 bits per heavy atom. The van der Waals surface area contributed by atoms with Crippen LogP contribution in [0, 0.1) is 18.8 Å². The molecule has 158 valence electrons. The van der Waals surface area contributed by atoms with E-state index in [1.807, 2.05) is 11.4 Å². The van der Waals surface area contributed by atoms with Gasteiger partial charge in [-0.05, 0) is 34.8 Å². The minimum atomic E-state index is -0.433. The smallest absolute Gasteiger partial charge is 0.879 e. The number of pyridine rings is 1. The summed E-state index contributed by atoms with van der Waals surface area (Å²) in [5.74, 6) is -0.106. The Kier molecular flexibility index (Phi) is 10.2. The number of ether oxygens (including phenoxy) is 2. The van der Waals surface area contributed by atoms with Crippen molar-refractivity contribution in [2.24, 2.45) is 0 Å². The molecule has 0 atom stereocenters. The summed E-state index contributed by atoms with van der Waals surface area (Å²) < 4.78 is 25.3. The fourth-order valence-corrected chi connectivity index (χ4v) is 3.96. The van der Waals surface area contributed by atoms with Crippen molar-refractivity contribution in [2.45, 2.75) is 0 Å². The van der Waals surface area contributed by atoms with Gasteiger partial charge in [-0.25, -0.2) is 11.0 Å². The minimum absolute atomic E-state index is 0. The SMILES string of the molecule is [CH-]1CNC1.[CH-]=C(C=[N-])c1nc(Cl)c2ccsc2c1-c1ccc(F)cc1OCCOC.[Li+]. The Morgan fingerprint density at radius 1 is 1.39 bits per heavy atom. The molecular formula is C22H20ClFLiN3O2S-2. The van der Waals surface area contributed by atoms with E-state index in [4.69, 9.17) is 27.7 Å². The Hall–Kier alpha value is -1.72. The molecule has 1 aliphatic rings. The predicted molar refractivity (Wildman–Crippen MR) is 122 cm³/mol. The van der Waals surface area contributed by atoms with E-state index in [0.717, 1.165) is 29.4 Å². The number of hydrogen-bond donors (Lipinski definition) is 1. The number of halogens is 2. The summed E-state index contributed by atoms with van der Waals surface area (Å²) in [5.41, 5.74) is 1.56. The molecule has 0 amide bonds. The molecule has 0 radical (unpaired) electrons. The first-order valence-electron chi connectivity index (χ1n) is 9.17. The van der Waals surface area contributed by atoms with Crippen LogP contribution in [-0.4, -0.2) is 44.6 Å². The number of thiophene rings is 1. The van der Waals surface area contributed by atoms with E-state index in [9.17, 15) is 9.80 Å². The molecule has 9 heteroatoms. The Bertz CT molecular complexity index is 1050. The van der Waals surface area contributed by atoms with Gasteiger partial charge in [-0.2, -0.15) is 5.57 Å². The molecule has 0 unspecified atom stereocenters. The molecular weight excluding hydrogens is 432 g/mol. The summed E-state index contributed by atoms with van der Waals surface area (Å²) in [4.78, 5) is 4.33. The van der Waals surface area contributed by atoms with E-state index in [0.29, 0.717) is 29.2 Å². The Morgan fingerprint density at radius 3 is 2.71 bits per heavy atom. The summed E-state index contributed by atoms with van der Waals surface area (Å²) in [7, 11) is 1.55. The Balaban J connectivity index is 0.000000613. The van der Waals surface area contributed by atoms with Crippen LogP contribution in [0.3, 0.4) is 0 Å². The first-order chi connectivity index (χ1) is 14.6. The number of allylic oxidation sites excluding steroid dienone is 1.